The van der Waals surface area contributed by atoms with Gasteiger partial charge in [-0.2, -0.15) is 0 Å². The van der Waals surface area contributed by atoms with Crippen molar-refractivity contribution in [2.75, 3.05) is 11.5 Å². The number of hydrogen-bond donors (Lipinski definition) is 0. The second-order valence-corrected chi connectivity index (χ2v) is 5.33. The molecule has 0 bridgehead atoms. The van der Waals surface area contributed by atoms with Crippen LogP contribution in [0, 0.1) is 6.92 Å². The zero-order chi connectivity index (χ0) is 16.4. The van der Waals surface area contributed by atoms with E-state index in [1.54, 1.807) is 24.3 Å². The highest BCUT2D eigenvalue weighted by Gasteiger charge is 2.32. The van der Waals surface area contributed by atoms with Gasteiger partial charge in [-0.05, 0) is 43.7 Å². The SMILES string of the molecule is CCOc1ccc(N2C(=O)C=C(c3ccc(C)cc3)C2=O)cc1. The first-order chi connectivity index (χ1) is 11.1. The fraction of sp³-hybridized carbons (Fsp3) is 0.158. The molecule has 2 aromatic carbocycles. The third-order valence-electron chi connectivity index (χ3n) is 3.69. The molecule has 1 heterocycles. The lowest BCUT2D eigenvalue weighted by Crippen LogP contribution is -2.30. The predicted molar refractivity (Wildman–Crippen MR) is 89.3 cm³/mol. The van der Waals surface area contributed by atoms with E-state index < -0.39 is 0 Å². The van der Waals surface area contributed by atoms with Gasteiger partial charge < -0.3 is 4.74 Å². The summed E-state index contributed by atoms with van der Waals surface area (Å²) in [5.41, 5.74) is 2.82. The number of ether oxygens (including phenoxy) is 1. The van der Waals surface area contributed by atoms with Crippen molar-refractivity contribution < 1.29 is 14.3 Å². The van der Waals surface area contributed by atoms with Crippen molar-refractivity contribution in [1.82, 2.24) is 0 Å². The molecule has 0 saturated carbocycles. The van der Waals surface area contributed by atoms with E-state index in [2.05, 4.69) is 0 Å². The lowest BCUT2D eigenvalue weighted by atomic mass is 10.0. The average Bonchev–Trinajstić information content (AvgIpc) is 2.84. The molecule has 0 aromatic heterocycles. The summed E-state index contributed by atoms with van der Waals surface area (Å²) < 4.78 is 5.38. The highest BCUT2D eigenvalue weighted by atomic mass is 16.5. The zero-order valence-corrected chi connectivity index (χ0v) is 13.1. The topological polar surface area (TPSA) is 46.6 Å². The molecule has 0 fully saturated rings. The maximum Gasteiger partial charge on any atom is 0.266 e. The van der Waals surface area contributed by atoms with Gasteiger partial charge in [-0.1, -0.05) is 29.8 Å². The van der Waals surface area contributed by atoms with Gasteiger partial charge in [0.15, 0.2) is 0 Å². The quantitative estimate of drug-likeness (QED) is 0.814. The van der Waals surface area contributed by atoms with E-state index in [0.29, 0.717) is 23.6 Å². The largest absolute Gasteiger partial charge is 0.494 e. The highest BCUT2D eigenvalue weighted by Crippen LogP contribution is 2.29. The molecule has 116 valence electrons. The molecule has 2 aromatic rings. The maximum absolute atomic E-state index is 12.6. The van der Waals surface area contributed by atoms with E-state index in [1.165, 1.54) is 11.0 Å². The molecule has 3 rings (SSSR count). The Morgan fingerprint density at radius 1 is 0.957 bits per heavy atom. The van der Waals surface area contributed by atoms with Crippen molar-refractivity contribution in [1.29, 1.82) is 0 Å². The third kappa shape index (κ3) is 2.88. The van der Waals surface area contributed by atoms with E-state index in [9.17, 15) is 9.59 Å². The fourth-order valence-corrected chi connectivity index (χ4v) is 2.51. The van der Waals surface area contributed by atoms with Crippen molar-refractivity contribution in [3.05, 3.63) is 65.7 Å². The van der Waals surface area contributed by atoms with Crippen LogP contribution < -0.4 is 9.64 Å². The number of amides is 2. The molecule has 4 heteroatoms. The van der Waals surface area contributed by atoms with E-state index >= 15 is 0 Å². The van der Waals surface area contributed by atoms with E-state index in [0.717, 1.165) is 11.1 Å². The molecule has 0 saturated heterocycles. The minimum atomic E-state index is -0.324. The third-order valence-corrected chi connectivity index (χ3v) is 3.69. The molecule has 4 nitrogen and oxygen atoms in total. The molecule has 0 atom stereocenters. The summed E-state index contributed by atoms with van der Waals surface area (Å²) in [5, 5.41) is 0. The van der Waals surface area contributed by atoms with Crippen LogP contribution >= 0.6 is 0 Å². The summed E-state index contributed by atoms with van der Waals surface area (Å²) in [6, 6.07) is 14.5. The van der Waals surface area contributed by atoms with E-state index in [1.807, 2.05) is 38.1 Å². The Bertz CT molecular complexity index is 773. The molecule has 1 aliphatic rings. The monoisotopic (exact) mass is 307 g/mol. The number of imide groups is 1. The lowest BCUT2D eigenvalue weighted by molar-refractivity contribution is -0.119. The Kier molecular flexibility index (Phi) is 3.98. The van der Waals surface area contributed by atoms with Crippen LogP contribution in [0.5, 0.6) is 5.75 Å². The number of hydrogen-bond acceptors (Lipinski definition) is 3. The first kappa shape index (κ1) is 15.0. The standard InChI is InChI=1S/C19H17NO3/c1-3-23-16-10-8-15(9-11-16)20-18(21)12-17(19(20)22)14-6-4-13(2)5-7-14/h4-12H,3H2,1-2H3. The fourth-order valence-electron chi connectivity index (χ4n) is 2.51. The first-order valence-corrected chi connectivity index (χ1v) is 7.50. The van der Waals surface area contributed by atoms with Crippen LogP contribution in [-0.2, 0) is 9.59 Å². The van der Waals surface area contributed by atoms with Crippen molar-refractivity contribution in [2.24, 2.45) is 0 Å². The van der Waals surface area contributed by atoms with Gasteiger partial charge in [-0.15, -0.1) is 0 Å². The summed E-state index contributed by atoms with van der Waals surface area (Å²) in [4.78, 5) is 26.0. The maximum atomic E-state index is 12.6. The molecule has 0 aliphatic carbocycles. The van der Waals surface area contributed by atoms with E-state index in [4.69, 9.17) is 4.74 Å². The Morgan fingerprint density at radius 3 is 2.22 bits per heavy atom. The predicted octanol–water partition coefficient (Wildman–Crippen LogP) is 3.35. The minimum absolute atomic E-state index is 0.303. The number of nitrogens with zero attached hydrogens (tertiary/aromatic N) is 1. The van der Waals surface area contributed by atoms with Gasteiger partial charge in [0.2, 0.25) is 0 Å². The van der Waals surface area contributed by atoms with Gasteiger partial charge in [0.05, 0.1) is 17.9 Å². The average molecular weight is 307 g/mol. The normalized spacial score (nSPS) is 14.2. The summed E-state index contributed by atoms with van der Waals surface area (Å²) in [6.07, 6.45) is 1.39. The molecule has 2 amide bonds. The molecular weight excluding hydrogens is 290 g/mol. The number of rotatable bonds is 4. The van der Waals surface area contributed by atoms with E-state index in [-0.39, 0.29) is 11.8 Å². The smallest absolute Gasteiger partial charge is 0.266 e. The van der Waals surface area contributed by atoms with Crippen LogP contribution in [0.3, 0.4) is 0 Å². The van der Waals surface area contributed by atoms with Gasteiger partial charge in [0.25, 0.3) is 11.8 Å². The van der Waals surface area contributed by atoms with Crippen molar-refractivity contribution in [2.45, 2.75) is 13.8 Å². The molecule has 0 spiro atoms. The Labute approximate surface area is 135 Å². The second-order valence-electron chi connectivity index (χ2n) is 5.33. The van der Waals surface area contributed by atoms with Crippen LogP contribution in [0.25, 0.3) is 5.57 Å². The molecule has 0 unspecified atom stereocenters. The Morgan fingerprint density at radius 2 is 1.61 bits per heavy atom. The molecular formula is C19H17NO3. The Hall–Kier alpha value is -2.88. The summed E-state index contributed by atoms with van der Waals surface area (Å²) >= 11 is 0. The second kappa shape index (κ2) is 6.08. The Balaban J connectivity index is 1.87. The molecule has 0 radical (unpaired) electrons. The van der Waals surface area contributed by atoms with Crippen LogP contribution in [0.4, 0.5) is 5.69 Å². The molecule has 23 heavy (non-hydrogen) atoms. The van der Waals surface area contributed by atoms with Crippen LogP contribution in [-0.4, -0.2) is 18.4 Å². The first-order valence-electron chi connectivity index (χ1n) is 7.50. The number of aryl methyl sites for hydroxylation is 1. The summed E-state index contributed by atoms with van der Waals surface area (Å²) in [5.74, 6) is 0.0832. The highest BCUT2D eigenvalue weighted by molar-refractivity contribution is 6.43. The molecule has 1 aliphatic heterocycles. The zero-order valence-electron chi connectivity index (χ0n) is 13.1. The summed E-state index contributed by atoms with van der Waals surface area (Å²) in [7, 11) is 0. The summed E-state index contributed by atoms with van der Waals surface area (Å²) in [6.45, 7) is 4.45. The molecule has 0 N–H and O–H groups in total. The lowest BCUT2D eigenvalue weighted by Gasteiger charge is -2.15. The van der Waals surface area contributed by atoms with Gasteiger partial charge >= 0.3 is 0 Å². The van der Waals surface area contributed by atoms with Gasteiger partial charge in [0, 0.05) is 6.08 Å². The van der Waals surface area contributed by atoms with Gasteiger partial charge in [-0.3, -0.25) is 9.59 Å². The van der Waals surface area contributed by atoms with Gasteiger partial charge in [-0.25, -0.2) is 4.90 Å². The van der Waals surface area contributed by atoms with Crippen molar-refractivity contribution >= 4 is 23.1 Å². The van der Waals surface area contributed by atoms with Crippen LogP contribution in [0.2, 0.25) is 0 Å². The van der Waals surface area contributed by atoms with Crippen molar-refractivity contribution in [3.63, 3.8) is 0 Å². The number of benzene rings is 2. The van der Waals surface area contributed by atoms with Crippen LogP contribution in [0.15, 0.2) is 54.6 Å². The number of anilines is 1. The number of carbonyl (C=O) groups excluding carboxylic acids is 2. The minimum Gasteiger partial charge on any atom is -0.494 e. The number of carbonyl (C=O) groups is 2. The van der Waals surface area contributed by atoms with Crippen LogP contribution in [0.1, 0.15) is 18.1 Å². The van der Waals surface area contributed by atoms with Gasteiger partial charge in [0.1, 0.15) is 5.75 Å². The van der Waals surface area contributed by atoms with Crippen molar-refractivity contribution in [3.8, 4) is 5.75 Å².